The number of esters is 1. The lowest BCUT2D eigenvalue weighted by molar-refractivity contribution is 0.0740. The Morgan fingerprint density at radius 3 is 2.18 bits per heavy atom. The van der Waals surface area contributed by atoms with Crippen LogP contribution in [0.2, 0.25) is 0 Å². The van der Waals surface area contributed by atoms with Crippen LogP contribution >= 0.6 is 11.3 Å². The normalized spacial score (nSPS) is 10.3. The molecule has 4 nitrogen and oxygen atoms in total. The molecule has 0 aliphatic rings. The van der Waals surface area contributed by atoms with E-state index in [0.717, 1.165) is 29.7 Å². The topological polar surface area (TPSA) is 44.8 Å². The summed E-state index contributed by atoms with van der Waals surface area (Å²) in [4.78, 5) is 12.7. The van der Waals surface area contributed by atoms with Gasteiger partial charge in [0.1, 0.15) is 16.4 Å². The molecule has 144 valence electrons. The van der Waals surface area contributed by atoms with E-state index in [9.17, 15) is 4.79 Å². The summed E-state index contributed by atoms with van der Waals surface area (Å²) in [5.41, 5.74) is 2.11. The fourth-order valence-electron chi connectivity index (χ4n) is 2.57. The number of benzene rings is 2. The number of unbranched alkanes of at least 4 members (excludes halogenated alkanes) is 1. The van der Waals surface area contributed by atoms with Crippen molar-refractivity contribution in [1.29, 1.82) is 0 Å². The monoisotopic (exact) mass is 394 g/mol. The van der Waals surface area contributed by atoms with Gasteiger partial charge in [-0.05, 0) is 60.4 Å². The summed E-state index contributed by atoms with van der Waals surface area (Å²) in [5.74, 6) is 0.965. The Balaban J connectivity index is 1.59. The van der Waals surface area contributed by atoms with E-state index in [2.05, 4.69) is 6.58 Å². The van der Waals surface area contributed by atoms with Crippen molar-refractivity contribution in [3.05, 3.63) is 78.2 Å². The molecule has 0 spiro atoms. The highest BCUT2D eigenvalue weighted by Crippen LogP contribution is 2.27. The quantitative estimate of drug-likeness (QED) is 0.194. The van der Waals surface area contributed by atoms with E-state index in [0.29, 0.717) is 22.3 Å². The molecule has 0 radical (unpaired) electrons. The van der Waals surface area contributed by atoms with Crippen LogP contribution in [0.3, 0.4) is 0 Å². The Bertz CT molecular complexity index is 911. The summed E-state index contributed by atoms with van der Waals surface area (Å²) < 4.78 is 16.2. The number of carbonyl (C=O) groups is 1. The number of thiophene rings is 1. The molecule has 1 heterocycles. The van der Waals surface area contributed by atoms with Crippen LogP contribution in [0.4, 0.5) is 0 Å². The molecule has 5 heteroatoms. The Kier molecular flexibility index (Phi) is 6.87. The molecule has 3 rings (SSSR count). The number of methoxy groups -OCH3 is 1. The lowest BCUT2D eigenvalue weighted by Gasteiger charge is -2.08. The first-order valence-corrected chi connectivity index (χ1v) is 9.81. The first kappa shape index (κ1) is 19.7. The second-order valence-corrected chi connectivity index (χ2v) is 7.09. The van der Waals surface area contributed by atoms with Gasteiger partial charge in [-0.3, -0.25) is 0 Å². The fourth-order valence-corrected chi connectivity index (χ4v) is 3.27. The van der Waals surface area contributed by atoms with Gasteiger partial charge in [-0.1, -0.05) is 41.7 Å². The third-order valence-electron chi connectivity index (χ3n) is 4.06. The molecule has 2 aromatic carbocycles. The predicted octanol–water partition coefficient (Wildman–Crippen LogP) is 5.99. The number of carbonyl (C=O) groups excluding carboxylic acids is 1. The van der Waals surface area contributed by atoms with E-state index in [1.807, 2.05) is 42.5 Å². The van der Waals surface area contributed by atoms with Crippen molar-refractivity contribution in [2.24, 2.45) is 0 Å². The molecule has 0 atom stereocenters. The summed E-state index contributed by atoms with van der Waals surface area (Å²) in [5, 5.41) is 0.676. The van der Waals surface area contributed by atoms with Crippen LogP contribution in [-0.4, -0.2) is 19.7 Å². The minimum atomic E-state index is -0.390. The lowest BCUT2D eigenvalue weighted by atomic mass is 10.1. The molecule has 1 aromatic heterocycles. The van der Waals surface area contributed by atoms with Gasteiger partial charge in [0.2, 0.25) is 0 Å². The van der Waals surface area contributed by atoms with Crippen molar-refractivity contribution in [1.82, 2.24) is 0 Å². The van der Waals surface area contributed by atoms with Gasteiger partial charge >= 0.3 is 5.97 Å². The van der Waals surface area contributed by atoms with Crippen LogP contribution in [0.15, 0.2) is 73.3 Å². The number of ether oxygens (including phenoxy) is 3. The summed E-state index contributed by atoms with van der Waals surface area (Å²) >= 11 is 1.26. The van der Waals surface area contributed by atoms with Gasteiger partial charge in [-0.15, -0.1) is 6.58 Å². The molecule has 3 aromatic rings. The minimum Gasteiger partial charge on any atom is -0.494 e. The SMILES string of the molecule is C=CCCCOc1ccc(-c2ccc(OC(=O)c3ccc(OC)s3)cc2)cc1. The molecule has 0 unspecified atom stereocenters. The fraction of sp³-hybridized carbons (Fsp3) is 0.174. The van der Waals surface area contributed by atoms with Crippen LogP contribution in [0, 0.1) is 0 Å². The summed E-state index contributed by atoms with van der Waals surface area (Å²) in [7, 11) is 1.57. The molecule has 0 amide bonds. The largest absolute Gasteiger partial charge is 0.494 e. The zero-order valence-electron chi connectivity index (χ0n) is 15.7. The van der Waals surface area contributed by atoms with Crippen molar-refractivity contribution >= 4 is 17.3 Å². The highest BCUT2D eigenvalue weighted by atomic mass is 32.1. The van der Waals surface area contributed by atoms with Gasteiger partial charge in [0.15, 0.2) is 5.06 Å². The van der Waals surface area contributed by atoms with E-state index in [1.165, 1.54) is 11.3 Å². The molecular formula is C23H22O4S. The summed E-state index contributed by atoms with van der Waals surface area (Å²) in [6.07, 6.45) is 3.81. The molecule has 0 saturated heterocycles. The standard InChI is InChI=1S/C23H22O4S/c1-3-4-5-16-26-19-10-6-17(7-11-19)18-8-12-20(13-9-18)27-23(24)21-14-15-22(25-2)28-21/h3,6-15H,1,4-5,16H2,2H3. The van der Waals surface area contributed by atoms with Crippen molar-refractivity contribution < 1.29 is 19.0 Å². The highest BCUT2D eigenvalue weighted by molar-refractivity contribution is 7.15. The number of rotatable bonds is 9. The van der Waals surface area contributed by atoms with Crippen LogP contribution in [-0.2, 0) is 0 Å². The van der Waals surface area contributed by atoms with Gasteiger partial charge < -0.3 is 14.2 Å². The maximum absolute atomic E-state index is 12.2. The Hall–Kier alpha value is -3.05. The zero-order valence-corrected chi connectivity index (χ0v) is 16.5. The van der Waals surface area contributed by atoms with Crippen molar-refractivity contribution in [3.8, 4) is 27.7 Å². The molecule has 0 fully saturated rings. The first-order valence-electron chi connectivity index (χ1n) is 9.00. The Labute approximate surface area is 169 Å². The molecular weight excluding hydrogens is 372 g/mol. The van der Waals surface area contributed by atoms with Gasteiger partial charge in [0.05, 0.1) is 13.7 Å². The number of hydrogen-bond donors (Lipinski definition) is 0. The minimum absolute atomic E-state index is 0.390. The average Bonchev–Trinajstić information content (AvgIpc) is 3.22. The van der Waals surface area contributed by atoms with Gasteiger partial charge in [0, 0.05) is 0 Å². The third-order valence-corrected chi connectivity index (χ3v) is 5.08. The Morgan fingerprint density at radius 2 is 1.61 bits per heavy atom. The van der Waals surface area contributed by atoms with Gasteiger partial charge in [-0.25, -0.2) is 4.79 Å². The van der Waals surface area contributed by atoms with Crippen LogP contribution in [0.1, 0.15) is 22.5 Å². The first-order chi connectivity index (χ1) is 13.7. The molecule has 0 bridgehead atoms. The van der Waals surface area contributed by atoms with Crippen LogP contribution < -0.4 is 14.2 Å². The lowest BCUT2D eigenvalue weighted by Crippen LogP contribution is -2.06. The van der Waals surface area contributed by atoms with E-state index in [1.54, 1.807) is 31.4 Å². The second-order valence-electron chi connectivity index (χ2n) is 6.04. The van der Waals surface area contributed by atoms with E-state index < -0.39 is 0 Å². The average molecular weight is 394 g/mol. The van der Waals surface area contributed by atoms with Gasteiger partial charge in [-0.2, -0.15) is 0 Å². The molecule has 0 aliphatic heterocycles. The van der Waals surface area contributed by atoms with Crippen molar-refractivity contribution in [2.75, 3.05) is 13.7 Å². The Morgan fingerprint density at radius 1 is 0.964 bits per heavy atom. The zero-order chi connectivity index (χ0) is 19.8. The molecule has 0 aliphatic carbocycles. The maximum atomic E-state index is 12.2. The number of hydrogen-bond acceptors (Lipinski definition) is 5. The van der Waals surface area contributed by atoms with Crippen LogP contribution in [0.25, 0.3) is 11.1 Å². The smallest absolute Gasteiger partial charge is 0.353 e. The molecule has 0 N–H and O–H groups in total. The van der Waals surface area contributed by atoms with E-state index in [4.69, 9.17) is 14.2 Å². The summed E-state index contributed by atoms with van der Waals surface area (Å²) in [6, 6.07) is 18.8. The van der Waals surface area contributed by atoms with E-state index in [-0.39, 0.29) is 5.97 Å². The predicted molar refractivity (Wildman–Crippen MR) is 113 cm³/mol. The van der Waals surface area contributed by atoms with Gasteiger partial charge in [0.25, 0.3) is 0 Å². The second kappa shape index (κ2) is 9.76. The summed E-state index contributed by atoms with van der Waals surface area (Å²) in [6.45, 7) is 4.39. The van der Waals surface area contributed by atoms with Crippen molar-refractivity contribution in [2.45, 2.75) is 12.8 Å². The third kappa shape index (κ3) is 5.24. The maximum Gasteiger partial charge on any atom is 0.353 e. The highest BCUT2D eigenvalue weighted by Gasteiger charge is 2.12. The van der Waals surface area contributed by atoms with E-state index >= 15 is 0 Å². The molecule has 0 saturated carbocycles. The number of allylic oxidation sites excluding steroid dienone is 1. The van der Waals surface area contributed by atoms with Crippen molar-refractivity contribution in [3.63, 3.8) is 0 Å². The van der Waals surface area contributed by atoms with Crippen LogP contribution in [0.5, 0.6) is 16.6 Å². The molecule has 28 heavy (non-hydrogen) atoms.